The molecule has 0 aromatic heterocycles. The molecular formula is C33H33N3O3. The van der Waals surface area contributed by atoms with E-state index in [1.54, 1.807) is 0 Å². The molecule has 0 saturated carbocycles. The minimum Gasteiger partial charge on any atom is -0.322 e. The molecule has 0 aliphatic carbocycles. The molecule has 39 heavy (non-hydrogen) atoms. The lowest BCUT2D eigenvalue weighted by Gasteiger charge is -2.13. The summed E-state index contributed by atoms with van der Waals surface area (Å²) >= 11 is 0. The van der Waals surface area contributed by atoms with Crippen LogP contribution in [0.15, 0.2) is 91.0 Å². The number of nitrogens with one attached hydrogen (secondary N) is 3. The van der Waals surface area contributed by atoms with Crippen molar-refractivity contribution in [2.75, 3.05) is 16.0 Å². The number of rotatable bonds is 9. The van der Waals surface area contributed by atoms with Crippen LogP contribution in [0.2, 0.25) is 0 Å². The van der Waals surface area contributed by atoms with Gasteiger partial charge in [0.25, 0.3) is 17.7 Å². The Morgan fingerprint density at radius 3 is 1.00 bits per heavy atom. The smallest absolute Gasteiger partial charge is 0.255 e. The van der Waals surface area contributed by atoms with Gasteiger partial charge in [-0.15, -0.1) is 0 Å². The van der Waals surface area contributed by atoms with Crippen LogP contribution in [0, 0.1) is 0 Å². The van der Waals surface area contributed by atoms with Crippen LogP contribution in [0.1, 0.15) is 68.5 Å². The van der Waals surface area contributed by atoms with Crippen molar-refractivity contribution in [3.8, 4) is 0 Å². The lowest BCUT2D eigenvalue weighted by atomic mass is 10.0. The molecule has 0 radical (unpaired) electrons. The number of anilines is 3. The highest BCUT2D eigenvalue weighted by molar-refractivity contribution is 6.13. The van der Waals surface area contributed by atoms with E-state index >= 15 is 0 Å². The quantitative estimate of drug-likeness (QED) is 0.220. The number of hydrogen-bond donors (Lipinski definition) is 3. The van der Waals surface area contributed by atoms with E-state index in [2.05, 4.69) is 16.0 Å². The summed E-state index contributed by atoms with van der Waals surface area (Å²) in [5, 5.41) is 8.68. The fourth-order valence-corrected chi connectivity index (χ4v) is 4.24. The second-order valence-electron chi connectivity index (χ2n) is 9.32. The molecule has 6 heteroatoms. The zero-order valence-electron chi connectivity index (χ0n) is 22.5. The van der Waals surface area contributed by atoms with Crippen molar-refractivity contribution in [2.24, 2.45) is 0 Å². The van der Waals surface area contributed by atoms with E-state index in [1.807, 2.05) is 93.6 Å². The van der Waals surface area contributed by atoms with Gasteiger partial charge >= 0.3 is 0 Å². The van der Waals surface area contributed by atoms with Gasteiger partial charge in [0.15, 0.2) is 0 Å². The summed E-state index contributed by atoms with van der Waals surface area (Å²) < 4.78 is 0. The monoisotopic (exact) mass is 519 g/mol. The summed E-state index contributed by atoms with van der Waals surface area (Å²) in [7, 11) is 0. The van der Waals surface area contributed by atoms with Crippen molar-refractivity contribution >= 4 is 34.8 Å². The Hall–Kier alpha value is -4.71. The summed E-state index contributed by atoms with van der Waals surface area (Å²) in [6.45, 7) is 6.13. The standard InChI is InChI=1S/C33H33N3O3/c1-4-22-10-7-13-28(16-22)34-31(37)25-19-26(32(38)35-29-14-8-11-23(5-2)17-29)21-27(20-25)33(39)36-30-15-9-12-24(6-3)18-30/h7-21H,4-6H2,1-3H3,(H,34,37)(H,35,38)(H,36,39). The van der Waals surface area contributed by atoms with Gasteiger partial charge in [-0.1, -0.05) is 57.2 Å². The molecule has 0 atom stereocenters. The highest BCUT2D eigenvalue weighted by Crippen LogP contribution is 2.19. The lowest BCUT2D eigenvalue weighted by molar-refractivity contribution is 0.102. The molecule has 0 unspecified atom stereocenters. The molecule has 3 N–H and O–H groups in total. The first-order valence-electron chi connectivity index (χ1n) is 13.2. The van der Waals surface area contributed by atoms with Gasteiger partial charge in [-0.05, 0) is 90.6 Å². The third kappa shape index (κ3) is 7.20. The highest BCUT2D eigenvalue weighted by Gasteiger charge is 2.18. The van der Waals surface area contributed by atoms with Crippen molar-refractivity contribution in [1.82, 2.24) is 0 Å². The first kappa shape index (κ1) is 27.3. The van der Waals surface area contributed by atoms with Crippen LogP contribution in [0.3, 0.4) is 0 Å². The molecule has 198 valence electrons. The zero-order chi connectivity index (χ0) is 27.8. The number of amides is 3. The maximum atomic E-state index is 13.3. The largest absolute Gasteiger partial charge is 0.322 e. The maximum Gasteiger partial charge on any atom is 0.255 e. The Morgan fingerprint density at radius 1 is 0.462 bits per heavy atom. The summed E-state index contributed by atoms with van der Waals surface area (Å²) in [6, 6.07) is 27.3. The zero-order valence-corrected chi connectivity index (χ0v) is 22.5. The maximum absolute atomic E-state index is 13.3. The van der Waals surface area contributed by atoms with Gasteiger partial charge in [0, 0.05) is 33.8 Å². The van der Waals surface area contributed by atoms with E-state index in [4.69, 9.17) is 0 Å². The van der Waals surface area contributed by atoms with E-state index < -0.39 is 17.7 Å². The predicted molar refractivity (Wildman–Crippen MR) is 158 cm³/mol. The Labute approximate surface area is 229 Å². The fourth-order valence-electron chi connectivity index (χ4n) is 4.24. The van der Waals surface area contributed by atoms with Crippen LogP contribution < -0.4 is 16.0 Å². The summed E-state index contributed by atoms with van der Waals surface area (Å²) in [5.74, 6) is -1.23. The van der Waals surface area contributed by atoms with Crippen molar-refractivity contribution in [1.29, 1.82) is 0 Å². The molecule has 0 heterocycles. The summed E-state index contributed by atoms with van der Waals surface area (Å²) in [5.41, 5.74) is 5.82. The number of carbonyl (C=O) groups excluding carboxylic acids is 3. The van der Waals surface area contributed by atoms with Crippen LogP contribution in [-0.4, -0.2) is 17.7 Å². The third-order valence-electron chi connectivity index (χ3n) is 6.50. The fraction of sp³-hybridized carbons (Fsp3) is 0.182. The molecule has 4 aromatic carbocycles. The molecule has 3 amide bonds. The van der Waals surface area contributed by atoms with Gasteiger partial charge < -0.3 is 16.0 Å². The predicted octanol–water partition coefficient (Wildman–Crippen LogP) is 7.13. The Bertz CT molecular complexity index is 1320. The molecule has 0 bridgehead atoms. The van der Waals surface area contributed by atoms with E-state index in [0.717, 1.165) is 36.0 Å². The molecule has 6 nitrogen and oxygen atoms in total. The topological polar surface area (TPSA) is 87.3 Å². The van der Waals surface area contributed by atoms with E-state index in [9.17, 15) is 14.4 Å². The van der Waals surface area contributed by atoms with Crippen molar-refractivity contribution < 1.29 is 14.4 Å². The number of benzene rings is 4. The van der Waals surface area contributed by atoms with Crippen LogP contribution in [-0.2, 0) is 19.3 Å². The molecule has 0 fully saturated rings. The van der Waals surface area contributed by atoms with Crippen LogP contribution in [0.25, 0.3) is 0 Å². The molecule has 4 aromatic rings. The molecule has 0 aliphatic rings. The average molecular weight is 520 g/mol. The van der Waals surface area contributed by atoms with Crippen LogP contribution in [0.4, 0.5) is 17.1 Å². The van der Waals surface area contributed by atoms with E-state index in [0.29, 0.717) is 17.1 Å². The van der Waals surface area contributed by atoms with E-state index in [-0.39, 0.29) is 16.7 Å². The molecule has 0 spiro atoms. The lowest BCUT2D eigenvalue weighted by Crippen LogP contribution is -2.19. The molecule has 0 saturated heterocycles. The highest BCUT2D eigenvalue weighted by atomic mass is 16.2. The minimum atomic E-state index is -0.409. The van der Waals surface area contributed by atoms with Crippen LogP contribution >= 0.6 is 0 Å². The number of carbonyl (C=O) groups is 3. The van der Waals surface area contributed by atoms with Crippen LogP contribution in [0.5, 0.6) is 0 Å². The van der Waals surface area contributed by atoms with E-state index in [1.165, 1.54) is 18.2 Å². The number of hydrogen-bond acceptors (Lipinski definition) is 3. The second kappa shape index (κ2) is 12.7. The number of aryl methyl sites for hydroxylation is 3. The minimum absolute atomic E-state index is 0.208. The first-order valence-corrected chi connectivity index (χ1v) is 13.2. The van der Waals surface area contributed by atoms with Gasteiger partial charge in [-0.25, -0.2) is 0 Å². The third-order valence-corrected chi connectivity index (χ3v) is 6.50. The average Bonchev–Trinajstić information content (AvgIpc) is 2.97. The van der Waals surface area contributed by atoms with Gasteiger partial charge in [-0.2, -0.15) is 0 Å². The first-order chi connectivity index (χ1) is 18.9. The molecule has 0 aliphatic heterocycles. The molecular weight excluding hydrogens is 486 g/mol. The second-order valence-corrected chi connectivity index (χ2v) is 9.32. The Kier molecular flexibility index (Phi) is 8.90. The molecule has 4 rings (SSSR count). The van der Waals surface area contributed by atoms with Gasteiger partial charge in [0.2, 0.25) is 0 Å². The Morgan fingerprint density at radius 2 is 0.744 bits per heavy atom. The van der Waals surface area contributed by atoms with Crippen molar-refractivity contribution in [3.63, 3.8) is 0 Å². The van der Waals surface area contributed by atoms with Gasteiger partial charge in [0.05, 0.1) is 0 Å². The SMILES string of the molecule is CCc1cccc(NC(=O)c2cc(C(=O)Nc3cccc(CC)c3)cc(C(=O)Nc3cccc(CC)c3)c2)c1. The van der Waals surface area contributed by atoms with Crippen molar-refractivity contribution in [3.05, 3.63) is 124 Å². The van der Waals surface area contributed by atoms with Gasteiger partial charge in [0.1, 0.15) is 0 Å². The van der Waals surface area contributed by atoms with Crippen molar-refractivity contribution in [2.45, 2.75) is 40.0 Å². The normalized spacial score (nSPS) is 10.5. The summed E-state index contributed by atoms with van der Waals surface area (Å²) in [4.78, 5) is 39.8. The Balaban J connectivity index is 1.66. The van der Waals surface area contributed by atoms with Gasteiger partial charge in [-0.3, -0.25) is 14.4 Å². The summed E-state index contributed by atoms with van der Waals surface area (Å²) in [6.07, 6.45) is 2.51.